The van der Waals surface area contributed by atoms with Crippen molar-refractivity contribution in [1.29, 1.82) is 0 Å². The normalized spacial score (nSPS) is 34.3. The lowest BCUT2D eigenvalue weighted by Gasteiger charge is -2.30. The van der Waals surface area contributed by atoms with Crippen molar-refractivity contribution < 1.29 is 45.0 Å². The van der Waals surface area contributed by atoms with Crippen molar-refractivity contribution in [2.75, 3.05) is 0 Å². The molecule has 0 aromatic rings. The van der Waals surface area contributed by atoms with Crippen molar-refractivity contribution in [2.24, 2.45) is 5.92 Å². The SMILES string of the molecule is CC1/C(=C2/C(O)=C(O)C(=O)OC2O)C(O)=C(O)C(=O)C1O. The Morgan fingerprint density at radius 2 is 1.38 bits per heavy atom. The number of allylic oxidation sites excluding steroid dienone is 1. The van der Waals surface area contributed by atoms with E-state index in [1.165, 1.54) is 6.92 Å². The van der Waals surface area contributed by atoms with Gasteiger partial charge in [-0.2, -0.15) is 0 Å². The molecule has 1 aliphatic carbocycles. The molecule has 1 aliphatic heterocycles. The van der Waals surface area contributed by atoms with Crippen LogP contribution >= 0.6 is 0 Å². The minimum absolute atomic E-state index is 0.427. The lowest BCUT2D eigenvalue weighted by atomic mass is 9.81. The molecule has 0 saturated heterocycles. The molecule has 114 valence electrons. The molecule has 3 unspecified atom stereocenters. The van der Waals surface area contributed by atoms with Crippen LogP contribution in [0.25, 0.3) is 0 Å². The third-order valence-electron chi connectivity index (χ3n) is 3.34. The van der Waals surface area contributed by atoms with E-state index in [2.05, 4.69) is 4.74 Å². The van der Waals surface area contributed by atoms with Gasteiger partial charge in [0.2, 0.25) is 23.6 Å². The number of carbonyl (C=O) groups excluding carboxylic acids is 2. The average molecular weight is 300 g/mol. The number of rotatable bonds is 0. The highest BCUT2D eigenvalue weighted by Gasteiger charge is 2.44. The summed E-state index contributed by atoms with van der Waals surface area (Å²) in [6, 6.07) is 0. The van der Waals surface area contributed by atoms with E-state index in [9.17, 15) is 40.2 Å². The molecule has 9 heteroatoms. The fourth-order valence-electron chi connectivity index (χ4n) is 2.18. The molecular weight excluding hydrogens is 288 g/mol. The third kappa shape index (κ3) is 2.03. The number of aliphatic hydroxyl groups is 6. The highest BCUT2D eigenvalue weighted by molar-refractivity contribution is 5.99. The van der Waals surface area contributed by atoms with Crippen LogP contribution in [-0.2, 0) is 14.3 Å². The van der Waals surface area contributed by atoms with Crippen molar-refractivity contribution >= 4 is 11.8 Å². The second-order valence-electron chi connectivity index (χ2n) is 4.58. The van der Waals surface area contributed by atoms with Gasteiger partial charge in [-0.3, -0.25) is 4.79 Å². The van der Waals surface area contributed by atoms with E-state index in [0.717, 1.165) is 0 Å². The third-order valence-corrected chi connectivity index (χ3v) is 3.34. The van der Waals surface area contributed by atoms with Gasteiger partial charge in [-0.15, -0.1) is 0 Å². The molecule has 1 heterocycles. The van der Waals surface area contributed by atoms with Gasteiger partial charge in [0.15, 0.2) is 11.5 Å². The second-order valence-corrected chi connectivity index (χ2v) is 4.58. The quantitative estimate of drug-likeness (QED) is 0.320. The summed E-state index contributed by atoms with van der Waals surface area (Å²) in [5, 5.41) is 57.7. The molecule has 0 radical (unpaired) electrons. The van der Waals surface area contributed by atoms with Crippen molar-refractivity contribution in [3.63, 3.8) is 0 Å². The summed E-state index contributed by atoms with van der Waals surface area (Å²) in [4.78, 5) is 22.5. The van der Waals surface area contributed by atoms with Crippen molar-refractivity contribution in [2.45, 2.75) is 19.3 Å². The maximum Gasteiger partial charge on any atom is 0.379 e. The molecule has 3 atom stereocenters. The summed E-state index contributed by atoms with van der Waals surface area (Å²) in [5.74, 6) is -8.14. The van der Waals surface area contributed by atoms with Gasteiger partial charge in [0.1, 0.15) is 6.10 Å². The van der Waals surface area contributed by atoms with E-state index in [1.807, 2.05) is 0 Å². The number of hydrogen-bond acceptors (Lipinski definition) is 9. The summed E-state index contributed by atoms with van der Waals surface area (Å²) in [5.41, 5.74) is -1.06. The molecule has 6 N–H and O–H groups in total. The van der Waals surface area contributed by atoms with Crippen LogP contribution in [0.15, 0.2) is 34.2 Å². The zero-order valence-electron chi connectivity index (χ0n) is 10.6. The Kier molecular flexibility index (Phi) is 3.39. The number of ketones is 1. The summed E-state index contributed by atoms with van der Waals surface area (Å²) >= 11 is 0. The molecule has 0 amide bonds. The van der Waals surface area contributed by atoms with Crippen LogP contribution in [0.3, 0.4) is 0 Å². The monoisotopic (exact) mass is 300 g/mol. The van der Waals surface area contributed by atoms with Crippen LogP contribution in [0.2, 0.25) is 0 Å². The predicted molar refractivity (Wildman–Crippen MR) is 63.9 cm³/mol. The maximum absolute atomic E-state index is 11.4. The number of esters is 1. The lowest BCUT2D eigenvalue weighted by molar-refractivity contribution is -0.163. The molecule has 0 spiro atoms. The van der Waals surface area contributed by atoms with Crippen LogP contribution in [0.4, 0.5) is 0 Å². The molecule has 21 heavy (non-hydrogen) atoms. The summed E-state index contributed by atoms with van der Waals surface area (Å²) in [7, 11) is 0. The highest BCUT2D eigenvalue weighted by Crippen LogP contribution is 2.37. The van der Waals surface area contributed by atoms with Gasteiger partial charge in [-0.25, -0.2) is 4.79 Å². The molecule has 0 saturated carbocycles. The van der Waals surface area contributed by atoms with E-state index in [-0.39, 0.29) is 0 Å². The highest BCUT2D eigenvalue weighted by atomic mass is 16.6. The number of cyclic esters (lactones) is 1. The Labute approximate surface area is 117 Å². The first-order valence-corrected chi connectivity index (χ1v) is 5.79. The second kappa shape index (κ2) is 4.79. The van der Waals surface area contributed by atoms with Gasteiger partial charge in [0, 0.05) is 11.5 Å². The molecule has 0 aromatic carbocycles. The maximum atomic E-state index is 11.4. The van der Waals surface area contributed by atoms with Crippen LogP contribution < -0.4 is 0 Å². The fourth-order valence-corrected chi connectivity index (χ4v) is 2.18. The predicted octanol–water partition coefficient (Wildman–Crippen LogP) is -0.607. The van der Waals surface area contributed by atoms with Crippen LogP contribution in [-0.4, -0.2) is 54.8 Å². The van der Waals surface area contributed by atoms with E-state index >= 15 is 0 Å². The Bertz CT molecular complexity index is 625. The molecule has 0 bridgehead atoms. The number of aliphatic hydroxyl groups excluding tert-OH is 6. The number of Topliss-reactive ketones (excluding diaryl/α,β-unsaturated/α-hetero) is 1. The minimum Gasteiger partial charge on any atom is -0.504 e. The molecule has 2 aliphatic rings. The van der Waals surface area contributed by atoms with Crippen LogP contribution in [0.1, 0.15) is 6.92 Å². The fraction of sp³-hybridized carbons (Fsp3) is 0.333. The zero-order valence-corrected chi connectivity index (χ0v) is 10.6. The molecule has 0 fully saturated rings. The average Bonchev–Trinajstić information content (AvgIpc) is 2.44. The summed E-state index contributed by atoms with van der Waals surface area (Å²) in [6.07, 6.45) is -3.80. The van der Waals surface area contributed by atoms with Gasteiger partial charge >= 0.3 is 5.97 Å². The van der Waals surface area contributed by atoms with Crippen molar-refractivity contribution in [1.82, 2.24) is 0 Å². The zero-order chi connectivity index (χ0) is 16.1. The Morgan fingerprint density at radius 1 is 0.857 bits per heavy atom. The van der Waals surface area contributed by atoms with E-state index in [1.54, 1.807) is 0 Å². The van der Waals surface area contributed by atoms with Crippen molar-refractivity contribution in [3.8, 4) is 0 Å². The Morgan fingerprint density at radius 3 is 1.95 bits per heavy atom. The van der Waals surface area contributed by atoms with E-state index < -0.39 is 64.2 Å². The number of ether oxygens (including phenoxy) is 1. The van der Waals surface area contributed by atoms with Gasteiger partial charge in [0.05, 0.1) is 5.57 Å². The molecule has 9 nitrogen and oxygen atoms in total. The minimum atomic E-state index is -2.05. The first kappa shape index (κ1) is 14.9. The van der Waals surface area contributed by atoms with Crippen LogP contribution in [0, 0.1) is 5.92 Å². The lowest BCUT2D eigenvalue weighted by Crippen LogP contribution is -2.39. The summed E-state index contributed by atoms with van der Waals surface area (Å²) < 4.78 is 4.34. The Balaban J connectivity index is 2.77. The first-order chi connectivity index (χ1) is 9.68. The van der Waals surface area contributed by atoms with Gasteiger partial charge < -0.3 is 35.4 Å². The molecule has 2 rings (SSSR count). The van der Waals surface area contributed by atoms with Gasteiger partial charge in [-0.05, 0) is 0 Å². The first-order valence-electron chi connectivity index (χ1n) is 5.79. The topological polar surface area (TPSA) is 165 Å². The number of hydrogen-bond donors (Lipinski definition) is 6. The van der Waals surface area contributed by atoms with E-state index in [0.29, 0.717) is 0 Å². The van der Waals surface area contributed by atoms with Crippen LogP contribution in [0.5, 0.6) is 0 Å². The standard InChI is InChI=1S/C12H12O9/c1-2-3(6(14)9(17)8(16)5(2)13)4-7(15)10(18)12(20)21-11(4)19/h2,5,11,13-15,17-19H,1H3/b4-3+. The molecular formula is C12H12O9. The summed E-state index contributed by atoms with van der Waals surface area (Å²) in [6.45, 7) is 1.26. The Hall–Kier alpha value is -2.52. The van der Waals surface area contributed by atoms with Gasteiger partial charge in [-0.1, -0.05) is 6.92 Å². The van der Waals surface area contributed by atoms with Crippen molar-refractivity contribution in [3.05, 3.63) is 34.2 Å². The van der Waals surface area contributed by atoms with Gasteiger partial charge in [0.25, 0.3) is 0 Å². The molecule has 0 aromatic heterocycles. The van der Waals surface area contributed by atoms with E-state index in [4.69, 9.17) is 0 Å². The number of carbonyl (C=O) groups is 2. The smallest absolute Gasteiger partial charge is 0.379 e. The largest absolute Gasteiger partial charge is 0.504 e.